The van der Waals surface area contributed by atoms with Gasteiger partial charge in [0.25, 0.3) is 0 Å². The molecule has 96 valence electrons. The SMILES string of the molecule is COc1ccc(-c2nc(CCCN)cs2)cc1F. The Morgan fingerprint density at radius 3 is 2.94 bits per heavy atom. The molecule has 18 heavy (non-hydrogen) atoms. The van der Waals surface area contributed by atoms with Gasteiger partial charge in [0.05, 0.1) is 12.8 Å². The molecular weight excluding hydrogens is 251 g/mol. The second-order valence-corrected chi connectivity index (χ2v) is 4.74. The van der Waals surface area contributed by atoms with E-state index in [1.807, 2.05) is 11.4 Å². The van der Waals surface area contributed by atoms with E-state index < -0.39 is 0 Å². The van der Waals surface area contributed by atoms with Crippen molar-refractivity contribution in [3.63, 3.8) is 0 Å². The Kier molecular flexibility index (Phi) is 4.28. The fraction of sp³-hybridized carbons (Fsp3) is 0.308. The molecule has 3 nitrogen and oxygen atoms in total. The average molecular weight is 266 g/mol. The first kappa shape index (κ1) is 13.0. The number of nitrogens with two attached hydrogens (primary N) is 1. The molecule has 0 saturated carbocycles. The number of ether oxygens (including phenoxy) is 1. The zero-order valence-corrected chi connectivity index (χ0v) is 11.0. The highest BCUT2D eigenvalue weighted by atomic mass is 32.1. The third-order valence-corrected chi connectivity index (χ3v) is 3.53. The normalized spacial score (nSPS) is 10.6. The molecule has 0 aliphatic rings. The highest BCUT2D eigenvalue weighted by molar-refractivity contribution is 7.13. The maximum atomic E-state index is 13.6. The van der Waals surface area contributed by atoms with Gasteiger partial charge in [0, 0.05) is 10.9 Å². The lowest BCUT2D eigenvalue weighted by Crippen LogP contribution is -2.00. The van der Waals surface area contributed by atoms with Crippen LogP contribution in [0, 0.1) is 5.82 Å². The van der Waals surface area contributed by atoms with Crippen LogP contribution in [0.1, 0.15) is 12.1 Å². The summed E-state index contributed by atoms with van der Waals surface area (Å²) in [5.41, 5.74) is 7.24. The Morgan fingerprint density at radius 1 is 1.44 bits per heavy atom. The van der Waals surface area contributed by atoms with Crippen LogP contribution in [0.15, 0.2) is 23.6 Å². The molecule has 2 N–H and O–H groups in total. The fourth-order valence-electron chi connectivity index (χ4n) is 1.64. The van der Waals surface area contributed by atoms with E-state index in [0.717, 1.165) is 29.1 Å². The summed E-state index contributed by atoms with van der Waals surface area (Å²) in [6, 6.07) is 4.88. The van der Waals surface area contributed by atoms with Crippen LogP contribution in [0.5, 0.6) is 5.75 Å². The molecule has 0 spiro atoms. The van der Waals surface area contributed by atoms with Crippen molar-refractivity contribution in [1.82, 2.24) is 4.98 Å². The molecule has 0 saturated heterocycles. The van der Waals surface area contributed by atoms with Gasteiger partial charge in [-0.15, -0.1) is 11.3 Å². The number of aromatic nitrogens is 1. The van der Waals surface area contributed by atoms with E-state index in [1.165, 1.54) is 24.5 Å². The summed E-state index contributed by atoms with van der Waals surface area (Å²) >= 11 is 1.52. The Bertz CT molecular complexity index is 527. The summed E-state index contributed by atoms with van der Waals surface area (Å²) < 4.78 is 18.5. The van der Waals surface area contributed by atoms with E-state index in [9.17, 15) is 4.39 Å². The van der Waals surface area contributed by atoms with E-state index >= 15 is 0 Å². The summed E-state index contributed by atoms with van der Waals surface area (Å²) in [7, 11) is 1.45. The largest absolute Gasteiger partial charge is 0.494 e. The van der Waals surface area contributed by atoms with Crippen LogP contribution in [0.3, 0.4) is 0 Å². The molecule has 2 rings (SSSR count). The number of nitrogens with zero attached hydrogens (tertiary/aromatic N) is 1. The van der Waals surface area contributed by atoms with Gasteiger partial charge in [-0.1, -0.05) is 0 Å². The first-order chi connectivity index (χ1) is 8.74. The van der Waals surface area contributed by atoms with Crippen LogP contribution < -0.4 is 10.5 Å². The molecule has 0 radical (unpaired) electrons. The number of aryl methyl sites for hydroxylation is 1. The maximum Gasteiger partial charge on any atom is 0.165 e. The van der Waals surface area contributed by atoms with Crippen LogP contribution in [0.4, 0.5) is 4.39 Å². The number of rotatable bonds is 5. The van der Waals surface area contributed by atoms with Crippen molar-refractivity contribution in [3.8, 4) is 16.3 Å². The van der Waals surface area contributed by atoms with Crippen LogP contribution in [0.25, 0.3) is 10.6 Å². The van der Waals surface area contributed by atoms with Crippen molar-refractivity contribution in [2.45, 2.75) is 12.8 Å². The predicted molar refractivity (Wildman–Crippen MR) is 71.4 cm³/mol. The van der Waals surface area contributed by atoms with Crippen molar-refractivity contribution in [2.24, 2.45) is 5.73 Å². The maximum absolute atomic E-state index is 13.6. The molecule has 0 aliphatic carbocycles. The number of hydrogen-bond acceptors (Lipinski definition) is 4. The molecule has 0 atom stereocenters. The minimum Gasteiger partial charge on any atom is -0.494 e. The first-order valence-corrected chi connectivity index (χ1v) is 6.61. The lowest BCUT2D eigenvalue weighted by molar-refractivity contribution is 0.386. The Morgan fingerprint density at radius 2 is 2.28 bits per heavy atom. The molecule has 0 bridgehead atoms. The standard InChI is InChI=1S/C13H15FN2OS/c1-17-12-5-4-9(7-11(12)14)13-16-10(8-18-13)3-2-6-15/h4-5,7-8H,2-3,6,15H2,1H3. The van der Waals surface area contributed by atoms with Gasteiger partial charge in [0.15, 0.2) is 11.6 Å². The number of methoxy groups -OCH3 is 1. The van der Waals surface area contributed by atoms with Gasteiger partial charge < -0.3 is 10.5 Å². The monoisotopic (exact) mass is 266 g/mol. The van der Waals surface area contributed by atoms with Crippen molar-refractivity contribution >= 4 is 11.3 Å². The number of hydrogen-bond donors (Lipinski definition) is 1. The van der Waals surface area contributed by atoms with Gasteiger partial charge in [-0.25, -0.2) is 9.37 Å². The van der Waals surface area contributed by atoms with Gasteiger partial charge >= 0.3 is 0 Å². The summed E-state index contributed by atoms with van der Waals surface area (Å²) in [4.78, 5) is 4.47. The molecular formula is C13H15FN2OS. The van der Waals surface area contributed by atoms with Crippen LogP contribution in [0.2, 0.25) is 0 Å². The highest BCUT2D eigenvalue weighted by Gasteiger charge is 2.08. The number of halogens is 1. The van der Waals surface area contributed by atoms with Crippen molar-refractivity contribution in [2.75, 3.05) is 13.7 Å². The lowest BCUT2D eigenvalue weighted by atomic mass is 10.2. The van der Waals surface area contributed by atoms with E-state index in [-0.39, 0.29) is 11.6 Å². The summed E-state index contributed by atoms with van der Waals surface area (Å²) in [5.74, 6) is -0.118. The Labute approximate surface area is 109 Å². The van der Waals surface area contributed by atoms with Crippen molar-refractivity contribution in [3.05, 3.63) is 35.1 Å². The average Bonchev–Trinajstić information content (AvgIpc) is 2.85. The minimum atomic E-state index is -0.367. The van der Waals surface area contributed by atoms with Crippen LogP contribution in [-0.2, 0) is 6.42 Å². The number of benzene rings is 1. The smallest absolute Gasteiger partial charge is 0.165 e. The predicted octanol–water partition coefficient (Wildman–Crippen LogP) is 2.85. The molecule has 5 heteroatoms. The molecule has 1 aromatic heterocycles. The highest BCUT2D eigenvalue weighted by Crippen LogP contribution is 2.28. The minimum absolute atomic E-state index is 0.249. The lowest BCUT2D eigenvalue weighted by Gasteiger charge is -2.02. The zero-order valence-electron chi connectivity index (χ0n) is 10.1. The second-order valence-electron chi connectivity index (χ2n) is 3.89. The summed E-state index contributed by atoms with van der Waals surface area (Å²) in [5, 5.41) is 2.82. The van der Waals surface area contributed by atoms with E-state index in [0.29, 0.717) is 6.54 Å². The zero-order chi connectivity index (χ0) is 13.0. The van der Waals surface area contributed by atoms with Gasteiger partial charge in [-0.05, 0) is 37.6 Å². The summed E-state index contributed by atoms with van der Waals surface area (Å²) in [6.45, 7) is 0.657. The topological polar surface area (TPSA) is 48.1 Å². The van der Waals surface area contributed by atoms with E-state index in [2.05, 4.69) is 4.98 Å². The first-order valence-electron chi connectivity index (χ1n) is 5.73. The molecule has 1 aromatic carbocycles. The molecule has 0 aliphatic heterocycles. The van der Waals surface area contributed by atoms with E-state index in [1.54, 1.807) is 6.07 Å². The van der Waals surface area contributed by atoms with Crippen molar-refractivity contribution < 1.29 is 9.13 Å². The van der Waals surface area contributed by atoms with Crippen molar-refractivity contribution in [1.29, 1.82) is 0 Å². The fourth-order valence-corrected chi connectivity index (χ4v) is 2.49. The third-order valence-electron chi connectivity index (χ3n) is 2.59. The molecule has 0 amide bonds. The van der Waals surface area contributed by atoms with Gasteiger partial charge in [0.1, 0.15) is 5.01 Å². The Balaban J connectivity index is 2.20. The molecule has 2 aromatic rings. The Hall–Kier alpha value is -1.46. The third kappa shape index (κ3) is 2.86. The van der Waals surface area contributed by atoms with Crippen LogP contribution >= 0.6 is 11.3 Å². The van der Waals surface area contributed by atoms with E-state index in [4.69, 9.17) is 10.5 Å². The quantitative estimate of drug-likeness (QED) is 0.905. The van der Waals surface area contributed by atoms with Gasteiger partial charge in [-0.3, -0.25) is 0 Å². The molecule has 0 unspecified atom stereocenters. The van der Waals surface area contributed by atoms with Gasteiger partial charge in [-0.2, -0.15) is 0 Å². The van der Waals surface area contributed by atoms with Crippen LogP contribution in [-0.4, -0.2) is 18.6 Å². The molecule has 1 heterocycles. The molecule has 0 fully saturated rings. The van der Waals surface area contributed by atoms with Gasteiger partial charge in [0.2, 0.25) is 0 Å². The second kappa shape index (κ2) is 5.93. The summed E-state index contributed by atoms with van der Waals surface area (Å²) in [6.07, 6.45) is 1.78. The number of thiazole rings is 1.